The van der Waals surface area contributed by atoms with E-state index in [0.29, 0.717) is 6.42 Å². The highest BCUT2D eigenvalue weighted by atomic mass is 32.2. The van der Waals surface area contributed by atoms with Crippen LogP contribution in [0.5, 0.6) is 0 Å². The second-order valence-electron chi connectivity index (χ2n) is 8.04. The smallest absolute Gasteiger partial charge is 0.326 e. The summed E-state index contributed by atoms with van der Waals surface area (Å²) in [5.41, 5.74) is 6.51. The predicted octanol–water partition coefficient (Wildman–Crippen LogP) is 1.74. The summed E-state index contributed by atoms with van der Waals surface area (Å²) in [5.74, 6) is -3.27. The van der Waals surface area contributed by atoms with Crippen LogP contribution in [0.15, 0.2) is 34.7 Å². The Morgan fingerprint density at radius 1 is 1.29 bits per heavy atom. The van der Waals surface area contributed by atoms with E-state index < -0.39 is 41.9 Å². The molecule has 0 fully saturated rings. The van der Waals surface area contributed by atoms with Crippen LogP contribution in [0, 0.1) is 0 Å². The van der Waals surface area contributed by atoms with E-state index in [0.717, 1.165) is 28.4 Å². The molecular weight excluding hydrogens is 480 g/mol. The second-order valence-corrected chi connectivity index (χ2v) is 10.1. The van der Waals surface area contributed by atoms with Crippen molar-refractivity contribution >= 4 is 46.9 Å². The van der Waals surface area contributed by atoms with E-state index in [1.54, 1.807) is 11.3 Å². The Kier molecular flexibility index (Phi) is 9.13. The molecule has 3 rings (SSSR count). The fourth-order valence-corrected chi connectivity index (χ4v) is 5.33. The number of fused-ring (bicyclic) bond motifs is 2. The zero-order valence-corrected chi connectivity index (χ0v) is 20.1. The summed E-state index contributed by atoms with van der Waals surface area (Å²) >= 11 is 3.01. The maximum absolute atomic E-state index is 12.9. The number of aliphatic carboxylic acids is 2. The Bertz CT molecular complexity index is 1020. The van der Waals surface area contributed by atoms with Gasteiger partial charge in [0.05, 0.1) is 10.6 Å². The maximum Gasteiger partial charge on any atom is 0.326 e. The molecule has 0 saturated heterocycles. The lowest BCUT2D eigenvalue weighted by Gasteiger charge is -2.21. The molecule has 6 N–H and O–H groups in total. The molecule has 0 aliphatic carbocycles. The molecule has 184 valence electrons. The standard InChI is InChI=1S/C22H28N4O6S2/c23-14(21(29)30)6-7-19(27)24-16-12-34-13-10-17(18-5-3-9-33-18)26(11-13)8-2-1-4-15(22(31)32)25-20(16)28/h3,5,9-11,14-16H,1-2,4,6-8,12,23H2,(H,24,27)(H,25,28)(H,29,30)(H,31,32). The van der Waals surface area contributed by atoms with Gasteiger partial charge in [0.15, 0.2) is 0 Å². The van der Waals surface area contributed by atoms with Crippen molar-refractivity contribution in [2.24, 2.45) is 5.73 Å². The Hall–Kier alpha value is -2.83. The highest BCUT2D eigenvalue weighted by Crippen LogP contribution is 2.32. The molecular formula is C22H28N4O6S2. The Morgan fingerprint density at radius 2 is 2.09 bits per heavy atom. The number of hydrogen-bond donors (Lipinski definition) is 5. The van der Waals surface area contributed by atoms with Crippen LogP contribution in [-0.4, -0.2) is 62.4 Å². The van der Waals surface area contributed by atoms with E-state index in [1.807, 2.05) is 29.8 Å². The van der Waals surface area contributed by atoms with Crippen molar-refractivity contribution in [3.05, 3.63) is 29.8 Å². The lowest BCUT2D eigenvalue weighted by atomic mass is 10.1. The molecule has 0 aromatic carbocycles. The average Bonchev–Trinajstić information content (AvgIpc) is 3.46. The number of rotatable bonds is 7. The molecule has 3 unspecified atom stereocenters. The zero-order valence-electron chi connectivity index (χ0n) is 18.4. The van der Waals surface area contributed by atoms with E-state index in [9.17, 15) is 24.3 Å². The van der Waals surface area contributed by atoms with Crippen LogP contribution in [0.25, 0.3) is 10.6 Å². The normalized spacial score (nSPS) is 20.2. The Balaban J connectivity index is 1.78. The number of aryl methyl sites for hydroxylation is 1. The van der Waals surface area contributed by atoms with Gasteiger partial charge in [-0.15, -0.1) is 23.1 Å². The van der Waals surface area contributed by atoms with Gasteiger partial charge < -0.3 is 31.1 Å². The summed E-state index contributed by atoms with van der Waals surface area (Å²) in [5, 5.41) is 25.6. The van der Waals surface area contributed by atoms with Gasteiger partial charge in [0.25, 0.3) is 0 Å². The second kappa shape index (κ2) is 12.0. The highest BCUT2D eigenvalue weighted by molar-refractivity contribution is 7.99. The molecule has 1 aliphatic heterocycles. The summed E-state index contributed by atoms with van der Waals surface area (Å²) in [4.78, 5) is 49.9. The number of carboxylic acids is 2. The van der Waals surface area contributed by atoms with Crippen molar-refractivity contribution < 1.29 is 29.4 Å². The molecule has 1 aliphatic rings. The number of aromatic nitrogens is 1. The van der Waals surface area contributed by atoms with Crippen LogP contribution in [0.3, 0.4) is 0 Å². The lowest BCUT2D eigenvalue weighted by Crippen LogP contribution is -2.52. The summed E-state index contributed by atoms with van der Waals surface area (Å²) in [6, 6.07) is 2.83. The topological polar surface area (TPSA) is 164 Å². The van der Waals surface area contributed by atoms with E-state index in [2.05, 4.69) is 15.2 Å². The Labute approximate surface area is 204 Å². The number of thiophene rings is 1. The predicted molar refractivity (Wildman–Crippen MR) is 129 cm³/mol. The van der Waals surface area contributed by atoms with Crippen molar-refractivity contribution in [3.8, 4) is 10.6 Å². The average molecular weight is 509 g/mol. The number of hydrogen-bond acceptors (Lipinski definition) is 7. The van der Waals surface area contributed by atoms with Gasteiger partial charge in [0.1, 0.15) is 18.1 Å². The Morgan fingerprint density at radius 3 is 2.76 bits per heavy atom. The minimum atomic E-state index is -1.21. The number of thioether (sulfide) groups is 1. The van der Waals surface area contributed by atoms with Crippen LogP contribution >= 0.6 is 23.1 Å². The van der Waals surface area contributed by atoms with Crippen LogP contribution in [0.1, 0.15) is 32.1 Å². The van der Waals surface area contributed by atoms with Gasteiger partial charge in [0, 0.05) is 29.8 Å². The number of nitrogens with two attached hydrogens (primary N) is 1. The minimum absolute atomic E-state index is 0.0760. The highest BCUT2D eigenvalue weighted by Gasteiger charge is 2.27. The molecule has 2 bridgehead atoms. The van der Waals surface area contributed by atoms with Crippen molar-refractivity contribution in [1.82, 2.24) is 15.2 Å². The molecule has 2 aromatic heterocycles. The van der Waals surface area contributed by atoms with Crippen molar-refractivity contribution in [3.63, 3.8) is 0 Å². The third-order valence-electron chi connectivity index (χ3n) is 5.47. The first-order valence-corrected chi connectivity index (χ1v) is 12.8. The van der Waals surface area contributed by atoms with E-state index >= 15 is 0 Å². The number of carbonyl (C=O) groups excluding carboxylic acids is 2. The van der Waals surface area contributed by atoms with E-state index in [4.69, 9.17) is 10.8 Å². The molecule has 12 heteroatoms. The number of nitrogens with one attached hydrogen (secondary N) is 2. The molecule has 2 amide bonds. The van der Waals surface area contributed by atoms with E-state index in [-0.39, 0.29) is 25.0 Å². The van der Waals surface area contributed by atoms with Crippen LogP contribution in [-0.2, 0) is 25.7 Å². The number of carboxylic acid groups (broad SMARTS) is 2. The van der Waals surface area contributed by atoms with Crippen molar-refractivity contribution in [1.29, 1.82) is 0 Å². The largest absolute Gasteiger partial charge is 0.480 e. The molecule has 0 radical (unpaired) electrons. The van der Waals surface area contributed by atoms with Crippen molar-refractivity contribution in [2.45, 2.75) is 61.7 Å². The molecule has 3 heterocycles. The summed E-state index contributed by atoms with van der Waals surface area (Å²) < 4.78 is 2.14. The zero-order chi connectivity index (χ0) is 24.7. The monoisotopic (exact) mass is 508 g/mol. The van der Waals surface area contributed by atoms with Gasteiger partial charge >= 0.3 is 11.9 Å². The number of amides is 2. The van der Waals surface area contributed by atoms with E-state index in [1.165, 1.54) is 11.8 Å². The third-order valence-corrected chi connectivity index (χ3v) is 7.42. The van der Waals surface area contributed by atoms with Gasteiger partial charge in [0.2, 0.25) is 11.8 Å². The SMILES string of the molecule is NC(CCC(=O)NC1CSc2cc(-c3cccs3)n(c2)CCCCC(C(=O)O)NC1=O)C(=O)O. The molecule has 3 atom stereocenters. The van der Waals surface area contributed by atoms with Gasteiger partial charge in [-0.25, -0.2) is 4.79 Å². The fourth-order valence-electron chi connectivity index (χ4n) is 3.58. The first-order chi connectivity index (χ1) is 16.2. The van der Waals surface area contributed by atoms with Gasteiger partial charge in [-0.3, -0.25) is 14.4 Å². The van der Waals surface area contributed by atoms with Crippen LogP contribution in [0.4, 0.5) is 0 Å². The van der Waals surface area contributed by atoms with Gasteiger partial charge in [-0.05, 0) is 43.2 Å². The maximum atomic E-state index is 12.9. The molecule has 34 heavy (non-hydrogen) atoms. The number of carbonyl (C=O) groups is 4. The summed E-state index contributed by atoms with van der Waals surface area (Å²) in [7, 11) is 0. The first-order valence-electron chi connectivity index (χ1n) is 10.9. The van der Waals surface area contributed by atoms with Gasteiger partial charge in [-0.1, -0.05) is 6.07 Å². The molecule has 2 aromatic rings. The summed E-state index contributed by atoms with van der Waals surface area (Å²) in [6.07, 6.45) is 3.39. The lowest BCUT2D eigenvalue weighted by molar-refractivity contribution is -0.142. The summed E-state index contributed by atoms with van der Waals surface area (Å²) in [6.45, 7) is 0.720. The van der Waals surface area contributed by atoms with Gasteiger partial charge in [-0.2, -0.15) is 0 Å². The molecule has 0 saturated carbocycles. The van der Waals surface area contributed by atoms with Crippen LogP contribution in [0.2, 0.25) is 0 Å². The molecule has 0 spiro atoms. The van der Waals surface area contributed by atoms with Crippen molar-refractivity contribution in [2.75, 3.05) is 5.75 Å². The number of nitrogens with zero attached hydrogens (tertiary/aromatic N) is 1. The minimum Gasteiger partial charge on any atom is -0.480 e. The first kappa shape index (κ1) is 25.8. The third kappa shape index (κ3) is 7.08. The fraction of sp³-hybridized carbons (Fsp3) is 0.455. The van der Waals surface area contributed by atoms with Crippen LogP contribution < -0.4 is 16.4 Å². The quantitative estimate of drug-likeness (QED) is 0.377. The molecule has 10 nitrogen and oxygen atoms in total.